The minimum Gasteiger partial charge on any atom is -0.395 e. The maximum atomic E-state index is 12.0. The summed E-state index contributed by atoms with van der Waals surface area (Å²) < 4.78 is 1.80. The highest BCUT2D eigenvalue weighted by Gasteiger charge is 2.20. The molecule has 1 N–H and O–H groups in total. The minimum atomic E-state index is -0.400. The first-order valence-electron chi connectivity index (χ1n) is 5.99. The molecule has 2 aliphatic rings. The van der Waals surface area contributed by atoms with Gasteiger partial charge in [-0.25, -0.2) is 4.98 Å². The number of hydrogen-bond acceptors (Lipinski definition) is 6. The van der Waals surface area contributed by atoms with Gasteiger partial charge in [-0.05, 0) is 13.8 Å². The second-order valence-corrected chi connectivity index (χ2v) is 4.55. The maximum absolute atomic E-state index is 12.0. The Kier molecular flexibility index (Phi) is 3.48. The normalized spacial score (nSPS) is 11.0. The van der Waals surface area contributed by atoms with Crippen LogP contribution in [-0.4, -0.2) is 45.3 Å². The fourth-order valence-electron chi connectivity index (χ4n) is 1.87. The number of fused-ring (bicyclic) bond motifs is 1. The average molecular weight is 263 g/mol. The van der Waals surface area contributed by atoms with Gasteiger partial charge in [0.2, 0.25) is 5.95 Å². The third kappa shape index (κ3) is 2.28. The van der Waals surface area contributed by atoms with Gasteiger partial charge in [0.25, 0.3) is 0 Å². The third-order valence-electron chi connectivity index (χ3n) is 3.01. The van der Waals surface area contributed by atoms with Crippen molar-refractivity contribution in [3.8, 4) is 11.5 Å². The van der Waals surface area contributed by atoms with Crippen molar-refractivity contribution in [2.24, 2.45) is 0 Å². The van der Waals surface area contributed by atoms with Crippen molar-refractivity contribution >= 4 is 5.95 Å². The van der Waals surface area contributed by atoms with Crippen LogP contribution in [0.1, 0.15) is 11.4 Å². The Bertz CT molecular complexity index is 635. The molecule has 0 unspecified atom stereocenters. The first-order valence-corrected chi connectivity index (χ1v) is 5.99. The van der Waals surface area contributed by atoms with Gasteiger partial charge in [0.1, 0.15) is 0 Å². The van der Waals surface area contributed by atoms with Gasteiger partial charge in [0.15, 0.2) is 11.5 Å². The molecule has 0 radical (unpaired) electrons. The highest BCUT2D eigenvalue weighted by molar-refractivity contribution is 5.54. The number of rotatable bonds is 3. The van der Waals surface area contributed by atoms with Gasteiger partial charge in [-0.1, -0.05) is 0 Å². The van der Waals surface area contributed by atoms with Crippen LogP contribution in [0.5, 0.6) is 0 Å². The summed E-state index contributed by atoms with van der Waals surface area (Å²) in [5.74, 6) is 0.801. The predicted molar refractivity (Wildman–Crippen MR) is 71.6 cm³/mol. The zero-order valence-corrected chi connectivity index (χ0v) is 11.5. The van der Waals surface area contributed by atoms with E-state index >= 15 is 0 Å². The van der Waals surface area contributed by atoms with Gasteiger partial charge in [-0.15, -0.1) is 0 Å². The van der Waals surface area contributed by atoms with Gasteiger partial charge >= 0.3 is 5.56 Å². The van der Waals surface area contributed by atoms with Crippen molar-refractivity contribution < 1.29 is 5.11 Å². The lowest BCUT2D eigenvalue weighted by atomic mass is 10.2. The Balaban J connectivity index is 2.83. The van der Waals surface area contributed by atoms with Crippen molar-refractivity contribution in [2.75, 3.05) is 25.6 Å². The monoisotopic (exact) mass is 263 g/mol. The number of aliphatic hydroxyl groups is 1. The van der Waals surface area contributed by atoms with Crippen molar-refractivity contribution in [2.45, 2.75) is 20.4 Å². The highest BCUT2D eigenvalue weighted by atomic mass is 16.3. The van der Waals surface area contributed by atoms with E-state index in [1.165, 1.54) is 0 Å². The summed E-state index contributed by atoms with van der Waals surface area (Å²) in [5, 5.41) is 9.17. The molecule has 2 rings (SSSR count). The average Bonchev–Trinajstić information content (AvgIpc) is 2.35. The summed E-state index contributed by atoms with van der Waals surface area (Å²) in [7, 11) is 3.54. The lowest BCUT2D eigenvalue weighted by molar-refractivity contribution is 0.274. The van der Waals surface area contributed by atoms with Crippen LogP contribution in [0, 0.1) is 13.8 Å². The molecule has 7 heteroatoms. The van der Waals surface area contributed by atoms with Crippen molar-refractivity contribution in [1.29, 1.82) is 0 Å². The molecule has 2 heterocycles. The Labute approximate surface area is 110 Å². The van der Waals surface area contributed by atoms with Crippen molar-refractivity contribution in [3.05, 3.63) is 21.7 Å². The summed E-state index contributed by atoms with van der Waals surface area (Å²) in [5.41, 5.74) is 1.45. The van der Waals surface area contributed by atoms with Crippen LogP contribution in [-0.2, 0) is 6.54 Å². The molecule has 0 aromatic carbocycles. The lowest BCUT2D eigenvalue weighted by Crippen LogP contribution is -2.26. The Morgan fingerprint density at radius 2 is 1.89 bits per heavy atom. The molecule has 0 aromatic heterocycles. The van der Waals surface area contributed by atoms with E-state index in [1.54, 1.807) is 23.6 Å². The van der Waals surface area contributed by atoms with Gasteiger partial charge < -0.3 is 14.6 Å². The summed E-state index contributed by atoms with van der Waals surface area (Å²) in [6, 6.07) is 0. The molecule has 0 spiro atoms. The number of aliphatic hydroxyl groups excluding tert-OH is 1. The highest BCUT2D eigenvalue weighted by Crippen LogP contribution is 2.19. The standard InChI is InChI=1S/C12H17N5O2/c1-7-8(2)17(5-6-18)10-9(13-7)11(19)15-12(14-10)16(3)4/h18H,5-6H2,1-4H3. The number of aryl methyl sites for hydroxylation is 1. The molecular formula is C12H17N5O2. The van der Waals surface area contributed by atoms with Crippen molar-refractivity contribution in [1.82, 2.24) is 19.5 Å². The smallest absolute Gasteiger partial charge is 0.302 e. The molecule has 102 valence electrons. The minimum absolute atomic E-state index is 0.0282. The van der Waals surface area contributed by atoms with Gasteiger partial charge in [0.05, 0.1) is 12.3 Å². The molecule has 0 saturated heterocycles. The Hall–Kier alpha value is -2.02. The van der Waals surface area contributed by atoms with Crippen LogP contribution >= 0.6 is 0 Å². The van der Waals surface area contributed by atoms with E-state index in [4.69, 9.17) is 5.11 Å². The summed E-state index contributed by atoms with van der Waals surface area (Å²) >= 11 is 0. The van der Waals surface area contributed by atoms with E-state index < -0.39 is 5.56 Å². The largest absolute Gasteiger partial charge is 0.395 e. The summed E-state index contributed by atoms with van der Waals surface area (Å²) in [4.78, 5) is 26.2. The van der Waals surface area contributed by atoms with Gasteiger partial charge in [-0.3, -0.25) is 4.79 Å². The zero-order valence-electron chi connectivity index (χ0n) is 11.5. The molecule has 0 bridgehead atoms. The summed E-state index contributed by atoms with van der Waals surface area (Å²) in [6.07, 6.45) is 0. The number of hydrogen-bond donors (Lipinski definition) is 1. The van der Waals surface area contributed by atoms with Crippen molar-refractivity contribution in [3.63, 3.8) is 0 Å². The van der Waals surface area contributed by atoms with Crippen LogP contribution in [0.25, 0.3) is 11.5 Å². The molecule has 0 fully saturated rings. The van der Waals surface area contributed by atoms with E-state index in [1.807, 2.05) is 13.8 Å². The summed E-state index contributed by atoms with van der Waals surface area (Å²) in [6.45, 7) is 4.05. The molecule has 7 nitrogen and oxygen atoms in total. The number of nitrogens with zero attached hydrogens (tertiary/aromatic N) is 5. The Morgan fingerprint density at radius 1 is 1.21 bits per heavy atom. The fourth-order valence-corrected chi connectivity index (χ4v) is 1.87. The quantitative estimate of drug-likeness (QED) is 0.826. The van der Waals surface area contributed by atoms with E-state index in [0.717, 1.165) is 11.4 Å². The van der Waals surface area contributed by atoms with Gasteiger partial charge in [0, 0.05) is 26.3 Å². The zero-order chi connectivity index (χ0) is 14.2. The maximum Gasteiger partial charge on any atom is 0.302 e. The van der Waals surface area contributed by atoms with Crippen LogP contribution in [0.4, 0.5) is 5.95 Å². The molecule has 19 heavy (non-hydrogen) atoms. The van der Waals surface area contributed by atoms with E-state index in [9.17, 15) is 4.79 Å². The second kappa shape index (κ2) is 4.93. The molecule has 2 aliphatic heterocycles. The number of aromatic nitrogens is 4. The topological polar surface area (TPSA) is 84.1 Å². The molecular weight excluding hydrogens is 246 g/mol. The molecule has 0 saturated carbocycles. The number of anilines is 1. The molecule has 0 aromatic rings. The molecule has 0 amide bonds. The van der Waals surface area contributed by atoms with E-state index in [-0.39, 0.29) is 12.3 Å². The van der Waals surface area contributed by atoms with Crippen LogP contribution in [0.15, 0.2) is 4.79 Å². The van der Waals surface area contributed by atoms with Crippen LogP contribution in [0.3, 0.4) is 0 Å². The lowest BCUT2D eigenvalue weighted by Gasteiger charge is -2.19. The van der Waals surface area contributed by atoms with E-state index in [2.05, 4.69) is 15.0 Å². The SMILES string of the molecule is Cc1nc2c(=O)nc(N(C)C)nc-2n(CCO)c1C. The third-order valence-corrected chi connectivity index (χ3v) is 3.01. The first kappa shape index (κ1) is 13.4. The first-order chi connectivity index (χ1) is 8.95. The van der Waals surface area contributed by atoms with Crippen LogP contribution < -0.4 is 10.5 Å². The van der Waals surface area contributed by atoms with Crippen LogP contribution in [0.2, 0.25) is 0 Å². The predicted octanol–water partition coefficient (Wildman–Crippen LogP) is -0.187. The molecule has 0 aliphatic carbocycles. The second-order valence-electron chi connectivity index (χ2n) is 4.55. The Morgan fingerprint density at radius 3 is 2.47 bits per heavy atom. The van der Waals surface area contributed by atoms with E-state index in [0.29, 0.717) is 18.3 Å². The molecule has 0 atom stereocenters. The fraction of sp³-hybridized carbons (Fsp3) is 0.500. The van der Waals surface area contributed by atoms with Gasteiger partial charge in [-0.2, -0.15) is 9.97 Å².